The number of hydrogen-bond donors (Lipinski definition) is 1. The molecule has 3 aromatic rings. The molecule has 1 N–H and O–H groups in total. The van der Waals surface area contributed by atoms with Gasteiger partial charge in [0.15, 0.2) is 0 Å². The van der Waals surface area contributed by atoms with Crippen molar-refractivity contribution in [3.8, 4) is 11.9 Å². The first-order valence-electron chi connectivity index (χ1n) is 11.9. The molecule has 0 unspecified atom stereocenters. The largest absolute Gasteiger partial charge is 0.379 e. The Morgan fingerprint density at radius 1 is 1.11 bits per heavy atom. The summed E-state index contributed by atoms with van der Waals surface area (Å²) in [5.41, 5.74) is 1.29. The molecule has 1 aliphatic heterocycles. The van der Waals surface area contributed by atoms with E-state index in [1.54, 1.807) is 47.6 Å². The van der Waals surface area contributed by atoms with Gasteiger partial charge in [-0.1, -0.05) is 11.6 Å². The molecule has 0 spiro atoms. The van der Waals surface area contributed by atoms with Crippen LogP contribution in [-0.4, -0.2) is 57.7 Å². The van der Waals surface area contributed by atoms with E-state index in [1.165, 1.54) is 0 Å². The molecule has 0 aromatic carbocycles. The number of morpholine rings is 1. The van der Waals surface area contributed by atoms with Gasteiger partial charge in [0.1, 0.15) is 5.82 Å². The molecule has 1 aliphatic carbocycles. The maximum Gasteiger partial charge on any atom is 0.257 e. The van der Waals surface area contributed by atoms with Gasteiger partial charge in [0.05, 0.1) is 52.9 Å². The Labute approximate surface area is 209 Å². The lowest BCUT2D eigenvalue weighted by atomic mass is 9.71. The first kappa shape index (κ1) is 23.5. The minimum atomic E-state index is -0.575. The van der Waals surface area contributed by atoms with Crippen molar-refractivity contribution in [3.63, 3.8) is 0 Å². The van der Waals surface area contributed by atoms with Gasteiger partial charge in [0.25, 0.3) is 5.91 Å². The molecule has 1 saturated heterocycles. The van der Waals surface area contributed by atoms with Gasteiger partial charge in [-0.05, 0) is 56.0 Å². The first-order valence-corrected chi connectivity index (χ1v) is 12.2. The number of carbonyl (C=O) groups is 1. The number of aromatic nitrogens is 3. The molecule has 180 valence electrons. The number of pyridine rings is 2. The molecule has 0 bridgehead atoms. The summed E-state index contributed by atoms with van der Waals surface area (Å²) < 4.78 is 7.23. The highest BCUT2D eigenvalue weighted by molar-refractivity contribution is 6.30. The molecule has 9 heteroatoms. The summed E-state index contributed by atoms with van der Waals surface area (Å²) >= 11 is 5.90. The number of anilines is 1. The van der Waals surface area contributed by atoms with Crippen molar-refractivity contribution in [2.45, 2.75) is 37.1 Å². The van der Waals surface area contributed by atoms with E-state index in [2.05, 4.69) is 26.3 Å². The van der Waals surface area contributed by atoms with Crippen LogP contribution in [0.5, 0.6) is 0 Å². The van der Waals surface area contributed by atoms with Crippen LogP contribution in [0.15, 0.2) is 55.1 Å². The van der Waals surface area contributed by atoms with Gasteiger partial charge in [-0.15, -0.1) is 0 Å². The van der Waals surface area contributed by atoms with E-state index in [-0.39, 0.29) is 5.91 Å². The quantitative estimate of drug-likeness (QED) is 0.575. The van der Waals surface area contributed by atoms with Crippen LogP contribution in [0.1, 0.15) is 41.7 Å². The lowest BCUT2D eigenvalue weighted by Crippen LogP contribution is -2.47. The molecular formula is C26H27ClN6O2. The summed E-state index contributed by atoms with van der Waals surface area (Å²) in [6, 6.07) is 12.0. The fraction of sp³-hybridized carbons (Fsp3) is 0.385. The molecule has 2 aliphatic rings. The molecular weight excluding hydrogens is 464 g/mol. The summed E-state index contributed by atoms with van der Waals surface area (Å²) in [4.78, 5) is 24.1. The molecule has 0 radical (unpaired) electrons. The summed E-state index contributed by atoms with van der Waals surface area (Å²) in [5, 5.41) is 13.5. The Balaban J connectivity index is 1.22. The maximum atomic E-state index is 12.7. The number of ether oxygens (including phenoxy) is 1. The van der Waals surface area contributed by atoms with Crippen molar-refractivity contribution < 1.29 is 9.53 Å². The predicted molar refractivity (Wildman–Crippen MR) is 133 cm³/mol. The molecule has 5 rings (SSSR count). The third kappa shape index (κ3) is 5.08. The predicted octanol–water partition coefficient (Wildman–Crippen LogP) is 4.21. The van der Waals surface area contributed by atoms with E-state index in [9.17, 15) is 10.1 Å². The van der Waals surface area contributed by atoms with Gasteiger partial charge in [-0.3, -0.25) is 14.7 Å². The van der Waals surface area contributed by atoms with Gasteiger partial charge in [0.2, 0.25) is 0 Å². The van der Waals surface area contributed by atoms with Crippen LogP contribution in [-0.2, 0) is 10.2 Å². The Bertz CT molecular complexity index is 1200. The second kappa shape index (κ2) is 10.2. The average molecular weight is 491 g/mol. The maximum absolute atomic E-state index is 12.7. The Morgan fingerprint density at radius 2 is 1.91 bits per heavy atom. The molecule has 1 amide bonds. The molecule has 0 atom stereocenters. The summed E-state index contributed by atoms with van der Waals surface area (Å²) in [5.74, 6) is 0.429. The van der Waals surface area contributed by atoms with Crippen LogP contribution in [0.2, 0.25) is 5.02 Å². The normalized spacial score (nSPS) is 22.9. The number of carbonyl (C=O) groups excluding carboxylic acids is 1. The summed E-state index contributed by atoms with van der Waals surface area (Å²) in [7, 11) is 0. The number of amides is 1. The third-order valence-electron chi connectivity index (χ3n) is 7.03. The molecule has 35 heavy (non-hydrogen) atoms. The second-order valence-corrected chi connectivity index (χ2v) is 9.54. The first-order chi connectivity index (χ1) is 17.1. The lowest BCUT2D eigenvalue weighted by Gasteiger charge is -2.41. The van der Waals surface area contributed by atoms with Gasteiger partial charge in [-0.2, -0.15) is 5.26 Å². The average Bonchev–Trinajstić information content (AvgIpc) is 3.41. The topological polar surface area (TPSA) is 96.1 Å². The number of hydrogen-bond acceptors (Lipinski definition) is 6. The summed E-state index contributed by atoms with van der Waals surface area (Å²) in [6.07, 6.45) is 10.2. The molecule has 3 aromatic heterocycles. The number of nitrogens with zero attached hydrogens (tertiary/aromatic N) is 5. The summed E-state index contributed by atoms with van der Waals surface area (Å²) in [6.45, 7) is 3.52. The SMILES string of the molecule is N#CC1(c2ccc(NC(=O)c3ccn(-c4ccc(Cl)cn4)c3)cn2)CCC(N2CCOCC2)CC1. The van der Waals surface area contributed by atoms with Crippen LogP contribution in [0.4, 0.5) is 5.69 Å². The second-order valence-electron chi connectivity index (χ2n) is 9.10. The highest BCUT2D eigenvalue weighted by atomic mass is 35.5. The number of nitriles is 1. The number of halogens is 1. The van der Waals surface area contributed by atoms with Gasteiger partial charge in [-0.25, -0.2) is 4.98 Å². The highest BCUT2D eigenvalue weighted by Gasteiger charge is 2.40. The van der Waals surface area contributed by atoms with Crippen molar-refractivity contribution in [1.29, 1.82) is 5.26 Å². The zero-order valence-electron chi connectivity index (χ0n) is 19.4. The minimum Gasteiger partial charge on any atom is -0.379 e. The third-order valence-corrected chi connectivity index (χ3v) is 7.25. The van der Waals surface area contributed by atoms with E-state index in [0.29, 0.717) is 28.1 Å². The lowest BCUT2D eigenvalue weighted by molar-refractivity contribution is 0.00493. The number of nitrogens with one attached hydrogen (secondary N) is 1. The van der Waals surface area contributed by atoms with Crippen LogP contribution < -0.4 is 5.32 Å². The van der Waals surface area contributed by atoms with Crippen LogP contribution in [0.25, 0.3) is 5.82 Å². The van der Waals surface area contributed by atoms with Gasteiger partial charge in [0, 0.05) is 37.7 Å². The van der Waals surface area contributed by atoms with E-state index in [1.807, 2.05) is 12.1 Å². The van der Waals surface area contributed by atoms with Crippen molar-refractivity contribution in [1.82, 2.24) is 19.4 Å². The van der Waals surface area contributed by atoms with Crippen molar-refractivity contribution in [2.75, 3.05) is 31.6 Å². The van der Waals surface area contributed by atoms with Crippen LogP contribution in [0.3, 0.4) is 0 Å². The molecule has 2 fully saturated rings. The molecule has 1 saturated carbocycles. The zero-order chi connectivity index (χ0) is 24.3. The smallest absolute Gasteiger partial charge is 0.257 e. The van der Waals surface area contributed by atoms with Crippen LogP contribution >= 0.6 is 11.6 Å². The van der Waals surface area contributed by atoms with E-state index >= 15 is 0 Å². The molecule has 8 nitrogen and oxygen atoms in total. The zero-order valence-corrected chi connectivity index (χ0v) is 20.1. The molecule has 4 heterocycles. The van der Waals surface area contributed by atoms with Crippen molar-refractivity contribution in [3.05, 3.63) is 71.4 Å². The minimum absolute atomic E-state index is 0.242. The Hall–Kier alpha value is -3.25. The highest BCUT2D eigenvalue weighted by Crippen LogP contribution is 2.40. The monoisotopic (exact) mass is 490 g/mol. The number of rotatable bonds is 5. The fourth-order valence-electron chi connectivity index (χ4n) is 4.98. The van der Waals surface area contributed by atoms with Gasteiger partial charge >= 0.3 is 0 Å². The van der Waals surface area contributed by atoms with Crippen LogP contribution in [0, 0.1) is 11.3 Å². The van der Waals surface area contributed by atoms with E-state index in [0.717, 1.165) is 57.7 Å². The Kier molecular flexibility index (Phi) is 6.82. The van der Waals surface area contributed by atoms with E-state index in [4.69, 9.17) is 16.3 Å². The standard InChI is InChI=1S/C26H27ClN6O2/c27-20-1-4-24(30-15-20)33-10-7-19(17-33)25(34)31-21-2-3-23(29-16-21)26(18-28)8-5-22(6-9-26)32-11-13-35-14-12-32/h1-4,7,10,15-17,22H,5-6,8-9,11-14H2,(H,31,34). The van der Waals surface area contributed by atoms with Crippen molar-refractivity contribution >= 4 is 23.2 Å². The van der Waals surface area contributed by atoms with Gasteiger partial charge < -0.3 is 14.6 Å². The fourth-order valence-corrected chi connectivity index (χ4v) is 5.09. The van der Waals surface area contributed by atoms with E-state index < -0.39 is 5.41 Å². The Morgan fingerprint density at radius 3 is 2.57 bits per heavy atom. The van der Waals surface area contributed by atoms with Crippen molar-refractivity contribution in [2.24, 2.45) is 0 Å².